The fraction of sp³-hybridized carbons (Fsp3) is 0.136. The van der Waals surface area contributed by atoms with E-state index < -0.39 is 6.04 Å². The summed E-state index contributed by atoms with van der Waals surface area (Å²) in [6.07, 6.45) is 3.43. The van der Waals surface area contributed by atoms with Crippen LogP contribution in [0.2, 0.25) is 0 Å². The van der Waals surface area contributed by atoms with Crippen LogP contribution >= 0.6 is 11.3 Å². The van der Waals surface area contributed by atoms with Crippen LogP contribution in [0.1, 0.15) is 33.5 Å². The van der Waals surface area contributed by atoms with Crippen molar-refractivity contribution in [1.82, 2.24) is 19.9 Å². The number of nitrogens with zero attached hydrogens (tertiary/aromatic N) is 3. The summed E-state index contributed by atoms with van der Waals surface area (Å²) < 4.78 is 15.6. The maximum Gasteiger partial charge on any atom is 0.271 e. The second kappa shape index (κ2) is 7.97. The van der Waals surface area contributed by atoms with Crippen LogP contribution in [0.4, 0.5) is 4.39 Å². The number of hydrogen-bond acceptors (Lipinski definition) is 4. The Labute approximate surface area is 171 Å². The van der Waals surface area contributed by atoms with E-state index >= 15 is 0 Å². The third kappa shape index (κ3) is 4.09. The van der Waals surface area contributed by atoms with Crippen LogP contribution in [0, 0.1) is 12.7 Å². The number of hydrogen-bond donors (Lipinski definition) is 1. The Kier molecular flexibility index (Phi) is 5.22. The molecular weight excluding hydrogens is 387 g/mol. The maximum atomic E-state index is 13.8. The van der Waals surface area contributed by atoms with Crippen LogP contribution in [-0.2, 0) is 7.05 Å². The number of carbonyl (C=O) groups is 1. The van der Waals surface area contributed by atoms with E-state index in [0.29, 0.717) is 17.1 Å². The van der Waals surface area contributed by atoms with Crippen molar-refractivity contribution in [3.63, 3.8) is 0 Å². The van der Waals surface area contributed by atoms with Crippen molar-refractivity contribution >= 4 is 17.2 Å². The topological polar surface area (TPSA) is 59.8 Å². The summed E-state index contributed by atoms with van der Waals surface area (Å²) >= 11 is 1.41. The van der Waals surface area contributed by atoms with Gasteiger partial charge in [-0.1, -0.05) is 42.0 Å². The van der Waals surface area contributed by atoms with Crippen LogP contribution < -0.4 is 5.32 Å². The second-order valence-corrected chi connectivity index (χ2v) is 7.62. The Bertz CT molecular complexity index is 1150. The normalized spacial score (nSPS) is 12.0. The lowest BCUT2D eigenvalue weighted by Crippen LogP contribution is -2.31. The first-order valence-corrected chi connectivity index (χ1v) is 9.95. The molecule has 1 N–H and O–H groups in total. The molecule has 0 aliphatic carbocycles. The zero-order valence-electron chi connectivity index (χ0n) is 16.0. The highest BCUT2D eigenvalue weighted by Gasteiger charge is 2.23. The summed E-state index contributed by atoms with van der Waals surface area (Å²) in [5.41, 5.74) is 3.06. The van der Waals surface area contributed by atoms with Crippen LogP contribution in [-0.4, -0.2) is 20.4 Å². The minimum atomic E-state index is -0.595. The molecule has 1 amide bonds. The number of halogens is 1. The molecule has 0 spiro atoms. The minimum absolute atomic E-state index is 0.321. The first kappa shape index (κ1) is 19.0. The summed E-state index contributed by atoms with van der Waals surface area (Å²) in [6, 6.07) is 13.6. The number of benzene rings is 2. The summed E-state index contributed by atoms with van der Waals surface area (Å²) in [5.74, 6) is -0.0962. The molecule has 2 aromatic heterocycles. The SMILES string of the molecule is Cc1ccc(-c2nc(C(=O)NC(c3cccc(F)c3)c3nccn3C)cs2)cc1. The van der Waals surface area contributed by atoms with E-state index in [2.05, 4.69) is 15.3 Å². The van der Waals surface area contributed by atoms with Gasteiger partial charge in [0.2, 0.25) is 0 Å². The van der Waals surface area contributed by atoms with Gasteiger partial charge in [-0.15, -0.1) is 11.3 Å². The first-order chi connectivity index (χ1) is 14.0. The van der Waals surface area contributed by atoms with Gasteiger partial charge in [0.05, 0.1) is 0 Å². The lowest BCUT2D eigenvalue weighted by Gasteiger charge is -2.18. The highest BCUT2D eigenvalue weighted by molar-refractivity contribution is 7.13. The number of aryl methyl sites for hydroxylation is 2. The quantitative estimate of drug-likeness (QED) is 0.530. The molecule has 4 aromatic rings. The summed E-state index contributed by atoms with van der Waals surface area (Å²) in [7, 11) is 1.83. The van der Waals surface area contributed by atoms with Crippen LogP contribution in [0.25, 0.3) is 10.6 Å². The average molecular weight is 406 g/mol. The van der Waals surface area contributed by atoms with Crippen LogP contribution in [0.15, 0.2) is 66.3 Å². The van der Waals surface area contributed by atoms with Crippen LogP contribution in [0.5, 0.6) is 0 Å². The molecule has 0 saturated carbocycles. The third-order valence-corrected chi connectivity index (χ3v) is 5.50. The van der Waals surface area contributed by atoms with Gasteiger partial charge >= 0.3 is 0 Å². The lowest BCUT2D eigenvalue weighted by atomic mass is 10.1. The standard InChI is InChI=1S/C22H19FN4OS/c1-14-6-8-15(9-7-14)22-25-18(13-29-22)21(28)26-19(20-24-10-11-27(20)2)16-4-3-5-17(23)12-16/h3-13,19H,1-2H3,(H,26,28). The molecule has 0 radical (unpaired) electrons. The lowest BCUT2D eigenvalue weighted by molar-refractivity contribution is 0.0937. The Morgan fingerprint density at radius 3 is 2.69 bits per heavy atom. The fourth-order valence-electron chi connectivity index (χ4n) is 3.05. The number of imidazole rings is 1. The van der Waals surface area contributed by atoms with Gasteiger partial charge in [-0.05, 0) is 24.6 Å². The van der Waals surface area contributed by atoms with Crippen molar-refractivity contribution in [2.45, 2.75) is 13.0 Å². The molecule has 0 saturated heterocycles. The van der Waals surface area contributed by atoms with Gasteiger partial charge in [-0.3, -0.25) is 4.79 Å². The van der Waals surface area contributed by atoms with Gasteiger partial charge in [0.15, 0.2) is 0 Å². The summed E-state index contributed by atoms with van der Waals surface area (Å²) in [6.45, 7) is 2.02. The number of amides is 1. The van der Waals surface area contributed by atoms with E-state index in [9.17, 15) is 9.18 Å². The van der Waals surface area contributed by atoms with Crippen molar-refractivity contribution < 1.29 is 9.18 Å². The number of thiazole rings is 1. The molecule has 7 heteroatoms. The van der Waals surface area contributed by atoms with Gasteiger partial charge in [0.1, 0.15) is 28.4 Å². The first-order valence-electron chi connectivity index (χ1n) is 9.07. The van der Waals surface area contributed by atoms with E-state index in [1.165, 1.54) is 23.5 Å². The van der Waals surface area contributed by atoms with Crippen molar-refractivity contribution in [1.29, 1.82) is 0 Å². The zero-order valence-corrected chi connectivity index (χ0v) is 16.8. The Morgan fingerprint density at radius 1 is 1.21 bits per heavy atom. The maximum absolute atomic E-state index is 13.8. The molecular formula is C22H19FN4OS. The molecule has 2 aromatic carbocycles. The molecule has 29 heavy (non-hydrogen) atoms. The Balaban J connectivity index is 1.62. The van der Waals surface area contributed by atoms with Gasteiger partial charge in [-0.25, -0.2) is 14.4 Å². The van der Waals surface area contributed by atoms with Crippen molar-refractivity contribution in [2.75, 3.05) is 0 Å². The summed E-state index contributed by atoms with van der Waals surface area (Å²) in [4.78, 5) is 21.7. The van der Waals surface area contributed by atoms with Crippen molar-refractivity contribution in [3.05, 3.63) is 94.8 Å². The van der Waals surface area contributed by atoms with Gasteiger partial charge < -0.3 is 9.88 Å². The smallest absolute Gasteiger partial charge is 0.271 e. The van der Waals surface area contributed by atoms with E-state index in [1.807, 2.05) is 38.2 Å². The molecule has 1 atom stereocenters. The Morgan fingerprint density at radius 2 is 2.00 bits per heavy atom. The molecule has 0 aliphatic heterocycles. The monoisotopic (exact) mass is 406 g/mol. The molecule has 146 valence electrons. The van der Waals surface area contributed by atoms with Crippen LogP contribution in [0.3, 0.4) is 0 Å². The number of carbonyl (C=O) groups excluding carboxylic acids is 1. The molecule has 2 heterocycles. The minimum Gasteiger partial charge on any atom is -0.337 e. The largest absolute Gasteiger partial charge is 0.337 e. The Hall–Kier alpha value is -3.32. The van der Waals surface area contributed by atoms with E-state index in [-0.39, 0.29) is 11.7 Å². The molecule has 5 nitrogen and oxygen atoms in total. The highest BCUT2D eigenvalue weighted by atomic mass is 32.1. The van der Waals surface area contributed by atoms with E-state index in [4.69, 9.17) is 0 Å². The average Bonchev–Trinajstić information content (AvgIpc) is 3.36. The number of nitrogens with one attached hydrogen (secondary N) is 1. The number of aromatic nitrogens is 3. The highest BCUT2D eigenvalue weighted by Crippen LogP contribution is 2.26. The predicted octanol–water partition coefficient (Wildman–Crippen LogP) is 4.51. The third-order valence-electron chi connectivity index (χ3n) is 4.61. The molecule has 1 unspecified atom stereocenters. The zero-order chi connectivity index (χ0) is 20.4. The molecule has 0 fully saturated rings. The molecule has 0 aliphatic rings. The predicted molar refractivity (Wildman–Crippen MR) is 111 cm³/mol. The fourth-order valence-corrected chi connectivity index (χ4v) is 3.86. The van der Waals surface area contributed by atoms with Gasteiger partial charge in [0, 0.05) is 30.4 Å². The number of rotatable bonds is 5. The van der Waals surface area contributed by atoms with Crippen molar-refractivity contribution in [3.8, 4) is 10.6 Å². The van der Waals surface area contributed by atoms with E-state index in [1.54, 1.807) is 34.5 Å². The van der Waals surface area contributed by atoms with E-state index in [0.717, 1.165) is 16.1 Å². The van der Waals surface area contributed by atoms with Crippen molar-refractivity contribution in [2.24, 2.45) is 7.05 Å². The summed E-state index contributed by atoms with van der Waals surface area (Å²) in [5, 5.41) is 5.45. The molecule has 4 rings (SSSR count). The van der Waals surface area contributed by atoms with Gasteiger partial charge in [-0.2, -0.15) is 0 Å². The molecule has 0 bridgehead atoms. The van der Waals surface area contributed by atoms with Gasteiger partial charge in [0.25, 0.3) is 5.91 Å². The second-order valence-electron chi connectivity index (χ2n) is 6.76.